The van der Waals surface area contributed by atoms with Gasteiger partial charge >= 0.3 is 0 Å². The van der Waals surface area contributed by atoms with Crippen LogP contribution >= 0.6 is 17.0 Å². The Hall–Kier alpha value is -1.36. The van der Waals surface area contributed by atoms with Crippen molar-refractivity contribution < 1.29 is 0 Å². The second-order valence-electron chi connectivity index (χ2n) is 3.82. The highest BCUT2D eigenvalue weighted by Crippen LogP contribution is 2.25. The standard InChI is InChI=1S/C11H14N4.BrH/c1-7-4-8(2)11(9(3)5-7)10-6-13-15(12)14-10;/h4-6H,12H2,1-3H3;1H. The maximum atomic E-state index is 5.44. The van der Waals surface area contributed by atoms with Crippen molar-refractivity contribution in [1.82, 2.24) is 15.1 Å². The van der Waals surface area contributed by atoms with Gasteiger partial charge in [0.05, 0.1) is 6.20 Å². The van der Waals surface area contributed by atoms with Gasteiger partial charge in [-0.1, -0.05) is 22.6 Å². The summed E-state index contributed by atoms with van der Waals surface area (Å²) in [6, 6.07) is 4.27. The lowest BCUT2D eigenvalue weighted by molar-refractivity contribution is 0.709. The predicted octanol–water partition coefficient (Wildman–Crippen LogP) is 2.16. The smallest absolute Gasteiger partial charge is 0.115 e. The molecule has 0 bridgehead atoms. The summed E-state index contributed by atoms with van der Waals surface area (Å²) in [5, 5.41) is 8.00. The summed E-state index contributed by atoms with van der Waals surface area (Å²) in [4.78, 5) is 1.09. The molecular weight excluding hydrogens is 268 g/mol. The Morgan fingerprint density at radius 1 is 1.12 bits per heavy atom. The Balaban J connectivity index is 0.00000128. The average Bonchev–Trinajstić information content (AvgIpc) is 2.49. The Bertz CT molecular complexity index is 481. The van der Waals surface area contributed by atoms with Gasteiger partial charge in [-0.05, 0) is 31.9 Å². The number of nitrogens with zero attached hydrogens (tertiary/aromatic N) is 3. The molecule has 0 aliphatic carbocycles. The first-order chi connectivity index (χ1) is 7.08. The highest BCUT2D eigenvalue weighted by Gasteiger charge is 2.09. The molecule has 16 heavy (non-hydrogen) atoms. The van der Waals surface area contributed by atoms with Gasteiger partial charge in [-0.15, -0.1) is 27.2 Å². The summed E-state index contributed by atoms with van der Waals surface area (Å²) in [5.74, 6) is 5.44. The SMILES string of the molecule is Br.Cc1cc(C)c(-c2cnn(N)n2)c(C)c1. The molecule has 0 saturated carbocycles. The number of rotatable bonds is 1. The molecule has 0 aliphatic rings. The highest BCUT2D eigenvalue weighted by molar-refractivity contribution is 8.93. The summed E-state index contributed by atoms with van der Waals surface area (Å²) in [6.45, 7) is 6.24. The van der Waals surface area contributed by atoms with Gasteiger partial charge in [0.15, 0.2) is 0 Å². The molecule has 0 spiro atoms. The zero-order chi connectivity index (χ0) is 11.0. The van der Waals surface area contributed by atoms with E-state index in [2.05, 4.69) is 43.1 Å². The van der Waals surface area contributed by atoms with Gasteiger partial charge in [0.2, 0.25) is 0 Å². The maximum absolute atomic E-state index is 5.44. The van der Waals surface area contributed by atoms with Gasteiger partial charge in [0.1, 0.15) is 5.69 Å². The van der Waals surface area contributed by atoms with Crippen molar-refractivity contribution in [2.24, 2.45) is 0 Å². The van der Waals surface area contributed by atoms with Crippen LogP contribution in [0.5, 0.6) is 0 Å². The second-order valence-corrected chi connectivity index (χ2v) is 3.82. The van der Waals surface area contributed by atoms with Crippen molar-refractivity contribution >= 4 is 17.0 Å². The monoisotopic (exact) mass is 282 g/mol. The number of halogens is 1. The van der Waals surface area contributed by atoms with Gasteiger partial charge in [-0.2, -0.15) is 0 Å². The fraction of sp³-hybridized carbons (Fsp3) is 0.273. The van der Waals surface area contributed by atoms with Crippen LogP contribution in [-0.2, 0) is 0 Å². The van der Waals surface area contributed by atoms with E-state index < -0.39 is 0 Å². The summed E-state index contributed by atoms with van der Waals surface area (Å²) < 4.78 is 0. The first kappa shape index (κ1) is 12.7. The van der Waals surface area contributed by atoms with Crippen LogP contribution in [0, 0.1) is 20.8 Å². The van der Waals surface area contributed by atoms with Crippen molar-refractivity contribution in [2.75, 3.05) is 5.84 Å². The van der Waals surface area contributed by atoms with Crippen LogP contribution in [0.3, 0.4) is 0 Å². The number of nitrogens with two attached hydrogens (primary N) is 1. The number of nitrogen functional groups attached to an aromatic ring is 1. The van der Waals surface area contributed by atoms with Crippen LogP contribution in [0.4, 0.5) is 0 Å². The maximum Gasteiger partial charge on any atom is 0.115 e. The minimum absolute atomic E-state index is 0. The molecule has 0 aliphatic heterocycles. The molecule has 1 heterocycles. The Morgan fingerprint density at radius 3 is 2.12 bits per heavy atom. The van der Waals surface area contributed by atoms with Crippen LogP contribution in [0.2, 0.25) is 0 Å². The lowest BCUT2D eigenvalue weighted by atomic mass is 9.98. The number of hydrogen-bond donors (Lipinski definition) is 1. The lowest BCUT2D eigenvalue weighted by Gasteiger charge is -2.07. The fourth-order valence-corrected chi connectivity index (χ4v) is 1.97. The molecule has 2 N–H and O–H groups in total. The zero-order valence-corrected chi connectivity index (χ0v) is 11.3. The van der Waals surface area contributed by atoms with E-state index in [-0.39, 0.29) is 17.0 Å². The second kappa shape index (κ2) is 4.65. The average molecular weight is 283 g/mol. The topological polar surface area (TPSA) is 56.7 Å². The zero-order valence-electron chi connectivity index (χ0n) is 9.56. The lowest BCUT2D eigenvalue weighted by Crippen LogP contribution is -2.11. The van der Waals surface area contributed by atoms with Crippen LogP contribution in [0.15, 0.2) is 18.3 Å². The van der Waals surface area contributed by atoms with E-state index >= 15 is 0 Å². The van der Waals surface area contributed by atoms with E-state index in [9.17, 15) is 0 Å². The van der Waals surface area contributed by atoms with Gasteiger partial charge in [0, 0.05) is 5.56 Å². The van der Waals surface area contributed by atoms with Crippen LogP contribution < -0.4 is 5.84 Å². The Kier molecular flexibility index (Phi) is 3.70. The molecule has 0 amide bonds. The number of benzene rings is 1. The molecule has 86 valence electrons. The Morgan fingerprint density at radius 2 is 1.69 bits per heavy atom. The van der Waals surface area contributed by atoms with E-state index in [0.29, 0.717) is 0 Å². The number of aryl methyl sites for hydroxylation is 3. The largest absolute Gasteiger partial charge is 0.306 e. The summed E-state index contributed by atoms with van der Waals surface area (Å²) in [6.07, 6.45) is 1.69. The molecule has 2 aromatic rings. The number of hydrogen-bond acceptors (Lipinski definition) is 3. The van der Waals surface area contributed by atoms with Crippen molar-refractivity contribution in [3.63, 3.8) is 0 Å². The fourth-order valence-electron chi connectivity index (χ4n) is 1.97. The van der Waals surface area contributed by atoms with Gasteiger partial charge in [-0.25, -0.2) is 0 Å². The van der Waals surface area contributed by atoms with E-state index in [1.54, 1.807) is 6.20 Å². The van der Waals surface area contributed by atoms with Crippen molar-refractivity contribution in [1.29, 1.82) is 0 Å². The third-order valence-corrected chi connectivity index (χ3v) is 2.44. The molecule has 1 aromatic carbocycles. The molecule has 0 atom stereocenters. The van der Waals surface area contributed by atoms with E-state index in [4.69, 9.17) is 5.84 Å². The molecule has 0 unspecified atom stereocenters. The summed E-state index contributed by atoms with van der Waals surface area (Å²) in [5.41, 5.74) is 5.61. The van der Waals surface area contributed by atoms with E-state index in [0.717, 1.165) is 16.2 Å². The van der Waals surface area contributed by atoms with Crippen molar-refractivity contribution in [2.45, 2.75) is 20.8 Å². The predicted molar refractivity (Wildman–Crippen MR) is 70.1 cm³/mol. The summed E-state index contributed by atoms with van der Waals surface area (Å²) in [7, 11) is 0. The molecule has 1 aromatic heterocycles. The first-order valence-electron chi connectivity index (χ1n) is 4.83. The molecule has 4 nitrogen and oxygen atoms in total. The minimum atomic E-state index is 0. The minimum Gasteiger partial charge on any atom is -0.306 e. The first-order valence-corrected chi connectivity index (χ1v) is 4.83. The summed E-state index contributed by atoms with van der Waals surface area (Å²) >= 11 is 0. The van der Waals surface area contributed by atoms with Gasteiger partial charge < -0.3 is 5.84 Å². The molecule has 0 saturated heterocycles. The molecule has 0 fully saturated rings. The highest BCUT2D eigenvalue weighted by atomic mass is 79.9. The molecule has 2 rings (SSSR count). The van der Waals surface area contributed by atoms with Crippen LogP contribution in [0.25, 0.3) is 11.3 Å². The third kappa shape index (κ3) is 2.24. The van der Waals surface area contributed by atoms with Gasteiger partial charge in [-0.3, -0.25) is 0 Å². The van der Waals surface area contributed by atoms with E-state index in [1.807, 2.05) is 0 Å². The number of aromatic nitrogens is 3. The van der Waals surface area contributed by atoms with E-state index in [1.165, 1.54) is 16.7 Å². The van der Waals surface area contributed by atoms with Crippen LogP contribution in [0.1, 0.15) is 16.7 Å². The molecule has 5 heteroatoms. The van der Waals surface area contributed by atoms with Crippen molar-refractivity contribution in [3.8, 4) is 11.3 Å². The third-order valence-electron chi connectivity index (χ3n) is 2.44. The van der Waals surface area contributed by atoms with Crippen LogP contribution in [-0.4, -0.2) is 15.1 Å². The molecular formula is C11H15BrN4. The quantitative estimate of drug-likeness (QED) is 0.816. The van der Waals surface area contributed by atoms with Crippen molar-refractivity contribution in [3.05, 3.63) is 35.0 Å². The normalized spacial score (nSPS) is 9.94. The van der Waals surface area contributed by atoms with Gasteiger partial charge in [0.25, 0.3) is 0 Å². The Labute approximate surface area is 105 Å². The molecule has 0 radical (unpaired) electrons.